The Labute approximate surface area is 211 Å². The highest BCUT2D eigenvalue weighted by molar-refractivity contribution is 8.33. The molecule has 0 saturated heterocycles. The highest BCUT2D eigenvalue weighted by Gasteiger charge is 2.43. The number of carboxylic acid groups (broad SMARTS) is 1. The van der Waals surface area contributed by atoms with Gasteiger partial charge in [0.1, 0.15) is 11.5 Å². The van der Waals surface area contributed by atoms with E-state index in [-0.39, 0.29) is 12.3 Å². The minimum atomic E-state index is -1.71. The minimum absolute atomic E-state index is 0.0169. The Balaban J connectivity index is 2.18. The molecule has 0 fully saturated rings. The van der Waals surface area contributed by atoms with Crippen molar-refractivity contribution in [2.45, 2.75) is 44.2 Å². The summed E-state index contributed by atoms with van der Waals surface area (Å²) in [5, 5.41) is 9.89. The van der Waals surface area contributed by atoms with Crippen LogP contribution in [0, 0.1) is 17.4 Å². The van der Waals surface area contributed by atoms with Gasteiger partial charge in [-0.1, -0.05) is 110 Å². The molecule has 6 heteroatoms. The van der Waals surface area contributed by atoms with Gasteiger partial charge in [-0.25, -0.2) is 0 Å². The first-order valence-electron chi connectivity index (χ1n) is 10.7. The number of thioether (sulfide) groups is 3. The summed E-state index contributed by atoms with van der Waals surface area (Å²) < 4.78 is -0.602. The van der Waals surface area contributed by atoms with E-state index in [0.717, 1.165) is 14.7 Å². The third kappa shape index (κ3) is 8.35. The maximum atomic E-state index is 12.1. The summed E-state index contributed by atoms with van der Waals surface area (Å²) in [4.78, 5) is 15.3. The van der Waals surface area contributed by atoms with E-state index in [4.69, 9.17) is 0 Å². The summed E-state index contributed by atoms with van der Waals surface area (Å²) in [7, 11) is -1.71. The van der Waals surface area contributed by atoms with Crippen molar-refractivity contribution in [3.05, 3.63) is 91.0 Å². The van der Waals surface area contributed by atoms with Gasteiger partial charge in [0, 0.05) is 14.7 Å². The van der Waals surface area contributed by atoms with Crippen LogP contribution in [-0.4, -0.2) is 22.6 Å². The molecule has 0 amide bonds. The summed E-state index contributed by atoms with van der Waals surface area (Å²) in [5.74, 6) is 2.26. The first kappa shape index (κ1) is 25.6. The largest absolute Gasteiger partial charge is 0.481 e. The van der Waals surface area contributed by atoms with Crippen molar-refractivity contribution in [1.29, 1.82) is 0 Å². The van der Waals surface area contributed by atoms with Crippen LogP contribution in [0.25, 0.3) is 0 Å². The molecule has 3 aromatic carbocycles. The predicted octanol–water partition coefficient (Wildman–Crippen LogP) is 7.99. The van der Waals surface area contributed by atoms with Crippen molar-refractivity contribution < 1.29 is 9.90 Å². The average molecular weight is 509 g/mol. The zero-order chi connectivity index (χ0) is 23.7. The van der Waals surface area contributed by atoms with E-state index in [2.05, 4.69) is 67.5 Å². The first-order valence-corrected chi connectivity index (χ1v) is 16.7. The second-order valence-corrected chi connectivity index (χ2v) is 18.0. The zero-order valence-corrected chi connectivity index (χ0v) is 22.5. The van der Waals surface area contributed by atoms with Crippen molar-refractivity contribution in [3.8, 4) is 11.5 Å². The molecule has 3 aromatic rings. The summed E-state index contributed by atoms with van der Waals surface area (Å²) >= 11 is 5.11. The van der Waals surface area contributed by atoms with Crippen LogP contribution in [0.3, 0.4) is 0 Å². The molecule has 0 aliphatic heterocycles. The van der Waals surface area contributed by atoms with Gasteiger partial charge in [-0.2, -0.15) is 0 Å². The van der Waals surface area contributed by atoms with E-state index in [0.29, 0.717) is 0 Å². The van der Waals surface area contributed by atoms with Crippen LogP contribution in [0.2, 0.25) is 19.6 Å². The number of aliphatic carboxylic acids is 1. The van der Waals surface area contributed by atoms with Crippen molar-refractivity contribution in [2.24, 2.45) is 5.92 Å². The maximum absolute atomic E-state index is 12.1. The number of carbonyl (C=O) groups is 1. The molecule has 1 N–H and O–H groups in total. The van der Waals surface area contributed by atoms with E-state index < -0.39 is 17.5 Å². The van der Waals surface area contributed by atoms with Gasteiger partial charge in [-0.05, 0) is 36.4 Å². The fourth-order valence-corrected chi connectivity index (χ4v) is 8.54. The van der Waals surface area contributed by atoms with Gasteiger partial charge in [0.15, 0.2) is 0 Å². The predicted molar refractivity (Wildman–Crippen MR) is 146 cm³/mol. The van der Waals surface area contributed by atoms with Crippen LogP contribution < -0.4 is 0 Å². The maximum Gasteiger partial charge on any atom is 0.304 e. The molecule has 0 heterocycles. The molecule has 0 spiro atoms. The van der Waals surface area contributed by atoms with Crippen molar-refractivity contribution in [2.75, 3.05) is 0 Å². The van der Waals surface area contributed by atoms with Gasteiger partial charge in [-0.15, -0.1) is 11.5 Å². The standard InChI is InChI=1S/C27H28O2S3Si/c1-33(2,3)20-19-22(21-26(28)29)27(30-23-13-7-4-8-14-23,31-24-15-9-5-10-16-24)32-25-17-11-6-12-18-25/h4-18,22H,21H2,1-3H3,(H,28,29). The molecule has 170 valence electrons. The van der Waals surface area contributed by atoms with Crippen molar-refractivity contribution in [3.63, 3.8) is 0 Å². The van der Waals surface area contributed by atoms with Gasteiger partial charge in [0.05, 0.1) is 12.3 Å². The fraction of sp³-hybridized carbons (Fsp3) is 0.222. The summed E-state index contributed by atoms with van der Waals surface area (Å²) in [5.41, 5.74) is 3.48. The molecule has 1 atom stereocenters. The van der Waals surface area contributed by atoms with Gasteiger partial charge in [0.2, 0.25) is 0 Å². The normalized spacial score (nSPS) is 12.5. The van der Waals surface area contributed by atoms with Gasteiger partial charge in [0.25, 0.3) is 0 Å². The van der Waals surface area contributed by atoms with Crippen molar-refractivity contribution >= 4 is 49.3 Å². The lowest BCUT2D eigenvalue weighted by Gasteiger charge is -2.36. The van der Waals surface area contributed by atoms with Crippen molar-refractivity contribution in [1.82, 2.24) is 0 Å². The Kier molecular flexibility index (Phi) is 9.22. The summed E-state index contributed by atoms with van der Waals surface area (Å²) in [6.07, 6.45) is -0.0169. The third-order valence-corrected chi connectivity index (χ3v) is 10.1. The lowest BCUT2D eigenvalue weighted by Crippen LogP contribution is -2.30. The Hall–Kier alpha value is -2.04. The fourth-order valence-electron chi connectivity index (χ4n) is 2.98. The Morgan fingerprint density at radius 3 is 1.45 bits per heavy atom. The van der Waals surface area contributed by atoms with Gasteiger partial charge in [-0.3, -0.25) is 4.79 Å². The molecule has 0 bridgehead atoms. The molecule has 0 aromatic heterocycles. The Morgan fingerprint density at radius 1 is 0.788 bits per heavy atom. The SMILES string of the molecule is C[Si](C)(C)C#CC(CC(=O)O)C(Sc1ccccc1)(Sc1ccccc1)Sc1ccccc1. The second kappa shape index (κ2) is 11.9. The molecule has 2 nitrogen and oxygen atoms in total. The number of hydrogen-bond acceptors (Lipinski definition) is 4. The Morgan fingerprint density at radius 2 is 1.15 bits per heavy atom. The lowest BCUT2D eigenvalue weighted by molar-refractivity contribution is -0.137. The summed E-state index contributed by atoms with van der Waals surface area (Å²) in [6, 6.07) is 30.6. The van der Waals surface area contributed by atoms with Crippen LogP contribution in [0.5, 0.6) is 0 Å². The smallest absolute Gasteiger partial charge is 0.304 e. The number of rotatable bonds is 9. The first-order chi connectivity index (χ1) is 15.8. The highest BCUT2D eigenvalue weighted by atomic mass is 32.3. The van der Waals surface area contributed by atoms with E-state index in [1.807, 2.05) is 54.6 Å². The molecule has 0 saturated carbocycles. The van der Waals surface area contributed by atoms with Crippen LogP contribution in [0.15, 0.2) is 106 Å². The Bertz CT molecular complexity index is 987. The van der Waals surface area contributed by atoms with E-state index in [1.165, 1.54) is 0 Å². The average Bonchev–Trinajstić information content (AvgIpc) is 2.78. The lowest BCUT2D eigenvalue weighted by atomic mass is 10.1. The molecule has 0 aliphatic carbocycles. The molecule has 0 aliphatic rings. The van der Waals surface area contributed by atoms with Gasteiger partial charge >= 0.3 is 5.97 Å². The van der Waals surface area contributed by atoms with Crippen LogP contribution in [0.1, 0.15) is 6.42 Å². The van der Waals surface area contributed by atoms with Crippen LogP contribution in [-0.2, 0) is 4.79 Å². The van der Waals surface area contributed by atoms with E-state index in [1.54, 1.807) is 35.3 Å². The molecule has 33 heavy (non-hydrogen) atoms. The van der Waals surface area contributed by atoms with Gasteiger partial charge < -0.3 is 5.11 Å². The zero-order valence-electron chi connectivity index (χ0n) is 19.0. The molecule has 1 unspecified atom stereocenters. The van der Waals surface area contributed by atoms with E-state index >= 15 is 0 Å². The number of carboxylic acids is 1. The van der Waals surface area contributed by atoms with Crippen LogP contribution >= 0.6 is 35.3 Å². The minimum Gasteiger partial charge on any atom is -0.481 e. The number of hydrogen-bond donors (Lipinski definition) is 1. The molecule has 3 rings (SSSR count). The number of benzene rings is 3. The van der Waals surface area contributed by atoms with Crippen LogP contribution in [0.4, 0.5) is 0 Å². The highest BCUT2D eigenvalue weighted by Crippen LogP contribution is 2.60. The third-order valence-electron chi connectivity index (χ3n) is 4.44. The molecular formula is C27H28O2S3Si. The summed E-state index contributed by atoms with van der Waals surface area (Å²) in [6.45, 7) is 6.58. The topological polar surface area (TPSA) is 37.3 Å². The quantitative estimate of drug-likeness (QED) is 0.137. The monoisotopic (exact) mass is 508 g/mol. The van der Waals surface area contributed by atoms with E-state index in [9.17, 15) is 9.90 Å². The second-order valence-electron chi connectivity index (χ2n) is 8.52. The molecule has 0 radical (unpaired) electrons. The molecular weight excluding hydrogens is 481 g/mol.